The summed E-state index contributed by atoms with van der Waals surface area (Å²) in [5.74, 6) is 0. The molecule has 0 aromatic heterocycles. The summed E-state index contributed by atoms with van der Waals surface area (Å²) in [5, 5.41) is 3.47. The molecule has 1 aliphatic heterocycles. The minimum atomic E-state index is 0.633. The maximum absolute atomic E-state index is 5.38. The molecule has 1 fully saturated rings. The van der Waals surface area contributed by atoms with Gasteiger partial charge in [-0.3, -0.25) is 0 Å². The van der Waals surface area contributed by atoms with Gasteiger partial charge in [-0.15, -0.1) is 0 Å². The highest BCUT2D eigenvalue weighted by atomic mass is 16.5. The Hall–Kier alpha value is -0.380. The molecule has 82 valence electrons. The van der Waals surface area contributed by atoms with Crippen molar-refractivity contribution in [3.63, 3.8) is 0 Å². The fraction of sp³-hybridized carbons (Fsp3) is 0.818. The van der Waals surface area contributed by atoms with Crippen LogP contribution in [-0.4, -0.2) is 39.0 Å². The Morgan fingerprint density at radius 2 is 2.21 bits per heavy atom. The molecule has 1 saturated heterocycles. The Labute approximate surface area is 86.5 Å². The van der Waals surface area contributed by atoms with Gasteiger partial charge in [-0.2, -0.15) is 0 Å². The minimum Gasteiger partial charge on any atom is -0.381 e. The smallest absolute Gasteiger partial charge is 0.0647 e. The second-order valence-corrected chi connectivity index (χ2v) is 3.48. The summed E-state index contributed by atoms with van der Waals surface area (Å²) in [6.45, 7) is 6.27. The van der Waals surface area contributed by atoms with Crippen LogP contribution in [0.5, 0.6) is 0 Å². The predicted octanol–water partition coefficient (Wildman–Crippen LogP) is 1.35. The van der Waals surface area contributed by atoms with Gasteiger partial charge in [-0.25, -0.2) is 0 Å². The summed E-state index contributed by atoms with van der Waals surface area (Å²) in [7, 11) is 0. The van der Waals surface area contributed by atoms with Gasteiger partial charge in [0.2, 0.25) is 0 Å². The first-order valence-corrected chi connectivity index (χ1v) is 5.43. The number of hydrogen-bond acceptors (Lipinski definition) is 3. The van der Waals surface area contributed by atoms with E-state index >= 15 is 0 Å². The van der Waals surface area contributed by atoms with Crippen LogP contribution < -0.4 is 5.32 Å². The van der Waals surface area contributed by atoms with Crippen LogP contribution in [0.2, 0.25) is 0 Å². The average molecular weight is 199 g/mol. The van der Waals surface area contributed by atoms with Gasteiger partial charge in [0.25, 0.3) is 0 Å². The van der Waals surface area contributed by atoms with E-state index in [0.29, 0.717) is 6.04 Å². The fourth-order valence-corrected chi connectivity index (χ4v) is 1.48. The predicted molar refractivity (Wildman–Crippen MR) is 57.5 cm³/mol. The van der Waals surface area contributed by atoms with Crippen molar-refractivity contribution in [2.75, 3.05) is 33.0 Å². The largest absolute Gasteiger partial charge is 0.381 e. The number of rotatable bonds is 6. The maximum Gasteiger partial charge on any atom is 0.0647 e. The van der Waals surface area contributed by atoms with Crippen molar-refractivity contribution in [3.05, 3.63) is 12.2 Å². The van der Waals surface area contributed by atoms with E-state index in [4.69, 9.17) is 9.47 Å². The van der Waals surface area contributed by atoms with Crippen LogP contribution in [0.25, 0.3) is 0 Å². The molecule has 0 aromatic rings. The highest BCUT2D eigenvalue weighted by Crippen LogP contribution is 2.05. The maximum atomic E-state index is 5.38. The van der Waals surface area contributed by atoms with E-state index in [0.717, 1.165) is 45.8 Å². The van der Waals surface area contributed by atoms with Gasteiger partial charge < -0.3 is 14.8 Å². The summed E-state index contributed by atoms with van der Waals surface area (Å²) >= 11 is 0. The van der Waals surface area contributed by atoms with Gasteiger partial charge in [0.15, 0.2) is 0 Å². The van der Waals surface area contributed by atoms with Crippen molar-refractivity contribution in [2.24, 2.45) is 0 Å². The average Bonchev–Trinajstić information content (AvgIpc) is 2.25. The standard InChI is InChI=1S/C11H21NO2/c1-2-3-7-13-10-6-12-11-4-8-14-9-5-11/h2-3,11-12H,4-10H2,1H3. The van der Waals surface area contributed by atoms with Crippen LogP contribution in [0.15, 0.2) is 12.2 Å². The molecule has 0 atom stereocenters. The first kappa shape index (κ1) is 11.7. The molecule has 3 heteroatoms. The van der Waals surface area contributed by atoms with E-state index < -0.39 is 0 Å². The normalized spacial score (nSPS) is 19.2. The summed E-state index contributed by atoms with van der Waals surface area (Å²) in [5.41, 5.74) is 0. The molecule has 0 radical (unpaired) electrons. The molecule has 0 bridgehead atoms. The zero-order chi connectivity index (χ0) is 10.1. The SMILES string of the molecule is CC=CCOCCNC1CCOCC1. The Bertz CT molecular complexity index is 153. The fourth-order valence-electron chi connectivity index (χ4n) is 1.48. The van der Waals surface area contributed by atoms with E-state index in [1.54, 1.807) is 0 Å². The van der Waals surface area contributed by atoms with Gasteiger partial charge in [0.05, 0.1) is 13.2 Å². The molecule has 1 N–H and O–H groups in total. The summed E-state index contributed by atoms with van der Waals surface area (Å²) in [6, 6.07) is 0.633. The van der Waals surface area contributed by atoms with Crippen molar-refractivity contribution in [3.8, 4) is 0 Å². The molecule has 0 unspecified atom stereocenters. The molecule has 0 saturated carbocycles. The zero-order valence-corrected chi connectivity index (χ0v) is 9.00. The Kier molecular flexibility index (Phi) is 6.66. The van der Waals surface area contributed by atoms with E-state index in [1.165, 1.54) is 0 Å². The van der Waals surface area contributed by atoms with Crippen molar-refractivity contribution in [1.82, 2.24) is 5.32 Å². The lowest BCUT2D eigenvalue weighted by atomic mass is 10.1. The van der Waals surface area contributed by atoms with Crippen LogP contribution in [-0.2, 0) is 9.47 Å². The third kappa shape index (κ3) is 5.37. The van der Waals surface area contributed by atoms with E-state index in [-0.39, 0.29) is 0 Å². The van der Waals surface area contributed by atoms with Crippen molar-refractivity contribution < 1.29 is 9.47 Å². The molecule has 14 heavy (non-hydrogen) atoms. The molecular formula is C11H21NO2. The third-order valence-corrected chi connectivity index (χ3v) is 2.35. The molecule has 1 heterocycles. The molecule has 1 aliphatic rings. The van der Waals surface area contributed by atoms with Crippen molar-refractivity contribution in [1.29, 1.82) is 0 Å². The topological polar surface area (TPSA) is 30.5 Å². The quantitative estimate of drug-likeness (QED) is 0.517. The van der Waals surface area contributed by atoms with Gasteiger partial charge in [-0.1, -0.05) is 12.2 Å². The first-order valence-electron chi connectivity index (χ1n) is 5.43. The molecule has 0 amide bonds. The van der Waals surface area contributed by atoms with Gasteiger partial charge in [0, 0.05) is 25.8 Å². The summed E-state index contributed by atoms with van der Waals surface area (Å²) in [4.78, 5) is 0. The molecule has 1 rings (SSSR count). The third-order valence-electron chi connectivity index (χ3n) is 2.35. The number of ether oxygens (including phenoxy) is 2. The van der Waals surface area contributed by atoms with E-state index in [2.05, 4.69) is 5.32 Å². The minimum absolute atomic E-state index is 0.633. The molecule has 3 nitrogen and oxygen atoms in total. The lowest BCUT2D eigenvalue weighted by Gasteiger charge is -2.23. The van der Waals surface area contributed by atoms with E-state index in [1.807, 2.05) is 19.1 Å². The summed E-state index contributed by atoms with van der Waals surface area (Å²) in [6.07, 6.45) is 6.30. The molecule has 0 spiro atoms. The Morgan fingerprint density at radius 3 is 2.93 bits per heavy atom. The van der Waals surface area contributed by atoms with Crippen LogP contribution in [0.3, 0.4) is 0 Å². The van der Waals surface area contributed by atoms with Gasteiger partial charge >= 0.3 is 0 Å². The van der Waals surface area contributed by atoms with Crippen LogP contribution in [0.1, 0.15) is 19.8 Å². The monoisotopic (exact) mass is 199 g/mol. The first-order chi connectivity index (χ1) is 6.93. The van der Waals surface area contributed by atoms with Gasteiger partial charge in [0.1, 0.15) is 0 Å². The highest BCUT2D eigenvalue weighted by Gasteiger charge is 2.11. The van der Waals surface area contributed by atoms with Crippen LogP contribution >= 0.6 is 0 Å². The lowest BCUT2D eigenvalue weighted by molar-refractivity contribution is 0.0744. The molecule has 0 aliphatic carbocycles. The Morgan fingerprint density at radius 1 is 1.43 bits per heavy atom. The molecular weight excluding hydrogens is 178 g/mol. The van der Waals surface area contributed by atoms with Crippen LogP contribution in [0, 0.1) is 0 Å². The molecule has 0 aromatic carbocycles. The Balaban J connectivity index is 1.87. The number of nitrogens with one attached hydrogen (secondary N) is 1. The number of hydrogen-bond donors (Lipinski definition) is 1. The second kappa shape index (κ2) is 7.97. The second-order valence-electron chi connectivity index (χ2n) is 3.48. The van der Waals surface area contributed by atoms with Gasteiger partial charge in [-0.05, 0) is 19.8 Å². The summed E-state index contributed by atoms with van der Waals surface area (Å²) < 4.78 is 10.7. The van der Waals surface area contributed by atoms with E-state index in [9.17, 15) is 0 Å². The van der Waals surface area contributed by atoms with Crippen molar-refractivity contribution >= 4 is 0 Å². The zero-order valence-electron chi connectivity index (χ0n) is 9.00. The number of allylic oxidation sites excluding steroid dienone is 1. The van der Waals surface area contributed by atoms with Crippen LogP contribution in [0.4, 0.5) is 0 Å². The lowest BCUT2D eigenvalue weighted by Crippen LogP contribution is -2.36. The van der Waals surface area contributed by atoms with Crippen molar-refractivity contribution in [2.45, 2.75) is 25.8 Å². The highest BCUT2D eigenvalue weighted by molar-refractivity contribution is 4.76.